The van der Waals surface area contributed by atoms with Crippen LogP contribution in [0, 0.1) is 5.82 Å². The summed E-state index contributed by atoms with van der Waals surface area (Å²) in [7, 11) is 1.67. The first kappa shape index (κ1) is 12.9. The lowest BCUT2D eigenvalue weighted by Crippen LogP contribution is -2.20. The normalized spacial score (nSPS) is 10.2. The quantitative estimate of drug-likeness (QED) is 0.911. The summed E-state index contributed by atoms with van der Waals surface area (Å²) >= 11 is 0. The van der Waals surface area contributed by atoms with Gasteiger partial charge in [0.15, 0.2) is 0 Å². The molecule has 0 atom stereocenters. The molecule has 1 aromatic heterocycles. The molecule has 98 valence electrons. The second kappa shape index (κ2) is 5.43. The van der Waals surface area contributed by atoms with Crippen LogP contribution in [0.5, 0.6) is 0 Å². The van der Waals surface area contributed by atoms with E-state index in [0.717, 1.165) is 0 Å². The predicted octanol–water partition coefficient (Wildman–Crippen LogP) is 1.95. The Hall–Kier alpha value is -2.50. The van der Waals surface area contributed by atoms with Crippen LogP contribution in [0.1, 0.15) is 16.1 Å². The van der Waals surface area contributed by atoms with E-state index in [0.29, 0.717) is 11.4 Å². The molecule has 5 nitrogen and oxygen atoms in total. The lowest BCUT2D eigenvalue weighted by Gasteiger charge is -2.19. The zero-order chi connectivity index (χ0) is 13.8. The Bertz CT molecular complexity index is 604. The molecule has 1 aromatic carbocycles. The van der Waals surface area contributed by atoms with Crippen LogP contribution in [0.2, 0.25) is 0 Å². The summed E-state index contributed by atoms with van der Waals surface area (Å²) in [5.41, 5.74) is 0.747. The van der Waals surface area contributed by atoms with Crippen LogP contribution in [0.4, 0.5) is 10.1 Å². The molecule has 0 radical (unpaired) electrons. The molecule has 2 rings (SSSR count). The Morgan fingerprint density at radius 3 is 2.84 bits per heavy atom. The molecule has 0 fully saturated rings. The van der Waals surface area contributed by atoms with Gasteiger partial charge in [-0.3, -0.25) is 0 Å². The summed E-state index contributed by atoms with van der Waals surface area (Å²) in [4.78, 5) is 20.3. The molecule has 1 N–H and O–H groups in total. The predicted molar refractivity (Wildman–Crippen MR) is 67.5 cm³/mol. The number of halogens is 1. The SMILES string of the molecule is CN(Cc1ncncc1C(=O)O)c1ccccc1F. The molecule has 0 aliphatic heterocycles. The first-order chi connectivity index (χ1) is 9.09. The van der Waals surface area contributed by atoms with E-state index in [-0.39, 0.29) is 17.9 Å². The highest BCUT2D eigenvalue weighted by Gasteiger charge is 2.14. The van der Waals surface area contributed by atoms with Gasteiger partial charge in [-0.1, -0.05) is 12.1 Å². The summed E-state index contributed by atoms with van der Waals surface area (Å²) in [6.45, 7) is 0.186. The molecular formula is C13H12FN3O2. The number of anilines is 1. The number of hydrogen-bond acceptors (Lipinski definition) is 4. The van der Waals surface area contributed by atoms with Crippen molar-refractivity contribution in [2.75, 3.05) is 11.9 Å². The second-order valence-corrected chi connectivity index (χ2v) is 4.00. The Balaban J connectivity index is 2.27. The van der Waals surface area contributed by atoms with Crippen LogP contribution in [0.25, 0.3) is 0 Å². The van der Waals surface area contributed by atoms with Gasteiger partial charge in [0, 0.05) is 13.2 Å². The van der Waals surface area contributed by atoms with Gasteiger partial charge in [0.05, 0.1) is 17.9 Å². The van der Waals surface area contributed by atoms with Crippen LogP contribution in [-0.2, 0) is 6.54 Å². The zero-order valence-electron chi connectivity index (χ0n) is 10.2. The molecule has 2 aromatic rings. The summed E-state index contributed by atoms with van der Waals surface area (Å²) in [5.74, 6) is -1.46. The van der Waals surface area contributed by atoms with E-state index in [1.165, 1.54) is 18.6 Å². The first-order valence-corrected chi connectivity index (χ1v) is 5.57. The van der Waals surface area contributed by atoms with E-state index < -0.39 is 5.97 Å². The molecule has 19 heavy (non-hydrogen) atoms. The van der Waals surface area contributed by atoms with E-state index >= 15 is 0 Å². The Morgan fingerprint density at radius 2 is 2.16 bits per heavy atom. The number of aromatic nitrogens is 2. The number of carbonyl (C=O) groups is 1. The molecule has 0 aliphatic rings. The van der Waals surface area contributed by atoms with Crippen molar-refractivity contribution < 1.29 is 14.3 Å². The molecule has 0 saturated carbocycles. The van der Waals surface area contributed by atoms with Crippen LogP contribution in [0.3, 0.4) is 0 Å². The number of hydrogen-bond donors (Lipinski definition) is 1. The topological polar surface area (TPSA) is 66.3 Å². The number of aromatic carboxylic acids is 1. The fourth-order valence-corrected chi connectivity index (χ4v) is 1.73. The molecule has 1 heterocycles. The maximum absolute atomic E-state index is 13.6. The number of carboxylic acid groups (broad SMARTS) is 1. The van der Waals surface area contributed by atoms with E-state index in [1.807, 2.05) is 0 Å². The third-order valence-corrected chi connectivity index (χ3v) is 2.68. The summed E-state index contributed by atoms with van der Waals surface area (Å²) < 4.78 is 13.6. The van der Waals surface area contributed by atoms with Gasteiger partial charge >= 0.3 is 5.97 Å². The average molecular weight is 261 g/mol. The molecule has 0 saturated heterocycles. The number of para-hydroxylation sites is 1. The van der Waals surface area contributed by atoms with Gasteiger partial charge in [-0.2, -0.15) is 0 Å². The van der Waals surface area contributed by atoms with Crippen molar-refractivity contribution in [2.24, 2.45) is 0 Å². The van der Waals surface area contributed by atoms with Gasteiger partial charge in [-0.25, -0.2) is 19.2 Å². The fourth-order valence-electron chi connectivity index (χ4n) is 1.73. The van der Waals surface area contributed by atoms with E-state index in [2.05, 4.69) is 9.97 Å². The fraction of sp³-hybridized carbons (Fsp3) is 0.154. The van der Waals surface area contributed by atoms with Gasteiger partial charge in [-0.15, -0.1) is 0 Å². The smallest absolute Gasteiger partial charge is 0.339 e. The lowest BCUT2D eigenvalue weighted by atomic mass is 10.2. The number of carboxylic acids is 1. The standard InChI is InChI=1S/C13H12FN3O2/c1-17(12-5-3-2-4-10(12)14)7-11-9(13(18)19)6-15-8-16-11/h2-6,8H,7H2,1H3,(H,18,19). The van der Waals surface area contributed by atoms with Crippen LogP contribution < -0.4 is 4.90 Å². The number of nitrogens with zero attached hydrogens (tertiary/aromatic N) is 3. The maximum atomic E-state index is 13.6. The molecule has 0 bridgehead atoms. The molecule has 0 amide bonds. The second-order valence-electron chi connectivity index (χ2n) is 4.00. The Labute approximate surface area is 109 Å². The van der Waals surface area contributed by atoms with Gasteiger partial charge in [-0.05, 0) is 12.1 Å². The Kier molecular flexibility index (Phi) is 3.70. The van der Waals surface area contributed by atoms with Crippen LogP contribution >= 0.6 is 0 Å². The van der Waals surface area contributed by atoms with Crippen molar-refractivity contribution >= 4 is 11.7 Å². The minimum Gasteiger partial charge on any atom is -0.478 e. The summed E-state index contributed by atoms with van der Waals surface area (Å²) in [6, 6.07) is 6.29. The van der Waals surface area contributed by atoms with Crippen molar-refractivity contribution in [1.82, 2.24) is 9.97 Å². The third-order valence-electron chi connectivity index (χ3n) is 2.68. The van der Waals surface area contributed by atoms with Crippen molar-refractivity contribution in [1.29, 1.82) is 0 Å². The van der Waals surface area contributed by atoms with Crippen LogP contribution in [-0.4, -0.2) is 28.1 Å². The monoisotopic (exact) mass is 261 g/mol. The number of benzene rings is 1. The zero-order valence-corrected chi connectivity index (χ0v) is 10.2. The van der Waals surface area contributed by atoms with Gasteiger partial charge < -0.3 is 10.0 Å². The van der Waals surface area contributed by atoms with E-state index in [1.54, 1.807) is 30.1 Å². The first-order valence-electron chi connectivity index (χ1n) is 5.57. The minimum atomic E-state index is -1.10. The maximum Gasteiger partial charge on any atom is 0.339 e. The van der Waals surface area contributed by atoms with Crippen molar-refractivity contribution in [3.8, 4) is 0 Å². The lowest BCUT2D eigenvalue weighted by molar-refractivity contribution is 0.0694. The van der Waals surface area contributed by atoms with Gasteiger partial charge in [0.25, 0.3) is 0 Å². The Morgan fingerprint density at radius 1 is 1.42 bits per heavy atom. The van der Waals surface area contributed by atoms with Gasteiger partial charge in [0.2, 0.25) is 0 Å². The highest BCUT2D eigenvalue weighted by molar-refractivity contribution is 5.88. The molecular weight excluding hydrogens is 249 g/mol. The highest BCUT2D eigenvalue weighted by Crippen LogP contribution is 2.19. The van der Waals surface area contributed by atoms with Crippen molar-refractivity contribution in [3.63, 3.8) is 0 Å². The number of rotatable bonds is 4. The van der Waals surface area contributed by atoms with E-state index in [9.17, 15) is 9.18 Å². The third kappa shape index (κ3) is 2.85. The summed E-state index contributed by atoms with van der Waals surface area (Å²) in [6.07, 6.45) is 2.51. The molecule has 0 spiro atoms. The van der Waals surface area contributed by atoms with Crippen molar-refractivity contribution in [2.45, 2.75) is 6.54 Å². The largest absolute Gasteiger partial charge is 0.478 e. The van der Waals surface area contributed by atoms with Gasteiger partial charge in [0.1, 0.15) is 17.7 Å². The average Bonchev–Trinajstić information content (AvgIpc) is 2.39. The van der Waals surface area contributed by atoms with Crippen LogP contribution in [0.15, 0.2) is 36.8 Å². The molecule has 6 heteroatoms. The van der Waals surface area contributed by atoms with Crippen molar-refractivity contribution in [3.05, 3.63) is 53.9 Å². The molecule has 0 unspecified atom stereocenters. The highest BCUT2D eigenvalue weighted by atomic mass is 19.1. The summed E-state index contributed by atoms with van der Waals surface area (Å²) in [5, 5.41) is 9.03. The minimum absolute atomic E-state index is 0.0192. The molecule has 0 aliphatic carbocycles. The van der Waals surface area contributed by atoms with E-state index in [4.69, 9.17) is 5.11 Å².